The lowest BCUT2D eigenvalue weighted by molar-refractivity contribution is -0.741. The summed E-state index contributed by atoms with van der Waals surface area (Å²) in [5.74, 6) is -1.05. The molecule has 0 saturated heterocycles. The van der Waals surface area contributed by atoms with E-state index in [9.17, 15) is 23.5 Å². The Morgan fingerprint density at radius 1 is 1.42 bits per heavy atom. The van der Waals surface area contributed by atoms with E-state index in [4.69, 9.17) is 4.84 Å². The largest absolute Gasteiger partial charge is 0.461 e. The van der Waals surface area contributed by atoms with E-state index in [-0.39, 0.29) is 9.80 Å². The van der Waals surface area contributed by atoms with Crippen molar-refractivity contribution in [3.05, 3.63) is 35.0 Å². The van der Waals surface area contributed by atoms with Crippen molar-refractivity contribution in [1.29, 1.82) is 0 Å². The van der Waals surface area contributed by atoms with Gasteiger partial charge in [0.2, 0.25) is 10.0 Å². The summed E-state index contributed by atoms with van der Waals surface area (Å²) >= 11 is 0. The van der Waals surface area contributed by atoms with Crippen molar-refractivity contribution in [2.24, 2.45) is 0 Å². The molecular weight excluding hydrogens is 340 g/mol. The Bertz CT molecular complexity index is 758. The minimum Gasteiger partial charge on any atom is -0.461 e. The summed E-state index contributed by atoms with van der Waals surface area (Å²) in [5, 5.41) is 21.6. The Morgan fingerprint density at radius 3 is 2.54 bits per heavy atom. The molecule has 1 aliphatic heterocycles. The maximum Gasteiger partial charge on any atom is 0.407 e. The van der Waals surface area contributed by atoms with Crippen LogP contribution in [0.2, 0.25) is 0 Å². The number of ether oxygens (including phenoxy) is 1. The van der Waals surface area contributed by atoms with E-state index in [0.29, 0.717) is 0 Å². The van der Waals surface area contributed by atoms with Gasteiger partial charge in [-0.25, -0.2) is 17.9 Å². The zero-order valence-corrected chi connectivity index (χ0v) is 14.1. The summed E-state index contributed by atoms with van der Waals surface area (Å²) in [6, 6.07) is 5.17. The number of hydrogen-bond donors (Lipinski definition) is 2. The van der Waals surface area contributed by atoms with E-state index in [1.165, 1.54) is 19.1 Å². The van der Waals surface area contributed by atoms with Gasteiger partial charge in [0.05, 0.1) is 16.9 Å². The highest BCUT2D eigenvalue weighted by Crippen LogP contribution is 2.18. The number of nitrogens with zero attached hydrogens (tertiary/aromatic N) is 1. The second-order valence-corrected chi connectivity index (χ2v) is 7.09. The van der Waals surface area contributed by atoms with Crippen LogP contribution in [0.25, 0.3) is 0 Å². The van der Waals surface area contributed by atoms with Crippen molar-refractivity contribution in [3.63, 3.8) is 0 Å². The molecule has 0 aromatic heterocycles. The Hall–Kier alpha value is -2.17. The molecule has 9 nitrogen and oxygen atoms in total. The third-order valence-corrected chi connectivity index (χ3v) is 5.14. The molecule has 2 rings (SSSR count). The van der Waals surface area contributed by atoms with E-state index in [0.717, 1.165) is 12.7 Å². The van der Waals surface area contributed by atoms with Gasteiger partial charge < -0.3 is 14.7 Å². The van der Waals surface area contributed by atoms with Crippen LogP contribution < -0.4 is 4.72 Å². The SMILES string of the molecule is COC(=O)C1=[N+]([O-])O[C@@H]([C@@H](C)NS(=O)(=O)c2ccc(C)cc2)C1O. The molecule has 1 heterocycles. The topological polar surface area (TPSA) is 128 Å². The van der Waals surface area contributed by atoms with Crippen LogP contribution in [0.5, 0.6) is 0 Å². The minimum absolute atomic E-state index is 0.0311. The molecule has 24 heavy (non-hydrogen) atoms. The highest BCUT2D eigenvalue weighted by atomic mass is 32.2. The average Bonchev–Trinajstić information content (AvgIpc) is 2.81. The maximum absolute atomic E-state index is 12.3. The third-order valence-electron chi connectivity index (χ3n) is 3.57. The number of nitrogens with one attached hydrogen (secondary N) is 1. The molecule has 10 heteroatoms. The fourth-order valence-corrected chi connectivity index (χ4v) is 3.50. The molecule has 2 N–H and O–H groups in total. The lowest BCUT2D eigenvalue weighted by Gasteiger charge is -2.23. The summed E-state index contributed by atoms with van der Waals surface area (Å²) < 4.78 is 31.4. The van der Waals surface area contributed by atoms with Crippen LogP contribution in [-0.2, 0) is 24.4 Å². The standard InChI is InChI=1S/C14H18N2O7S/c1-8-4-6-10(7-5-8)24(20,21)15-9(2)13-12(17)11(14(18)22-3)16(19)23-13/h4-7,9,12-13,15,17H,1-3H3/t9-,12?,13+/m1/s1. The van der Waals surface area contributed by atoms with Crippen LogP contribution in [0.4, 0.5) is 0 Å². The molecule has 3 atom stereocenters. The number of hydrogen-bond acceptors (Lipinski definition) is 7. The molecule has 0 spiro atoms. The molecule has 1 aromatic rings. The van der Waals surface area contributed by atoms with Gasteiger partial charge in [0.1, 0.15) is 6.10 Å². The Kier molecular flexibility index (Phi) is 5.11. The van der Waals surface area contributed by atoms with Crippen molar-refractivity contribution >= 4 is 21.7 Å². The molecule has 0 radical (unpaired) electrons. The number of aliphatic hydroxyl groups is 1. The van der Waals surface area contributed by atoms with E-state index in [1.807, 2.05) is 6.92 Å². The summed E-state index contributed by atoms with van der Waals surface area (Å²) in [5.41, 5.74) is 0.264. The lowest BCUT2D eigenvalue weighted by atomic mass is 10.0. The minimum atomic E-state index is -3.89. The highest BCUT2D eigenvalue weighted by Gasteiger charge is 2.47. The van der Waals surface area contributed by atoms with E-state index >= 15 is 0 Å². The molecule has 1 aromatic carbocycles. The van der Waals surface area contributed by atoms with Gasteiger partial charge >= 0.3 is 11.7 Å². The van der Waals surface area contributed by atoms with Crippen LogP contribution in [-0.4, -0.2) is 55.5 Å². The fourth-order valence-electron chi connectivity index (χ4n) is 2.25. The normalized spacial score (nSPS) is 22.2. The van der Waals surface area contributed by atoms with Gasteiger partial charge in [0, 0.05) is 6.04 Å². The molecular formula is C14H18N2O7S. The van der Waals surface area contributed by atoms with Crippen molar-refractivity contribution in [2.45, 2.75) is 37.0 Å². The molecule has 0 saturated carbocycles. The number of methoxy groups -OCH3 is 1. The maximum atomic E-state index is 12.3. The predicted molar refractivity (Wildman–Crippen MR) is 82.5 cm³/mol. The Labute approximate surface area is 139 Å². The number of sulfonamides is 1. The second kappa shape index (κ2) is 6.75. The number of benzene rings is 1. The first-order valence-electron chi connectivity index (χ1n) is 7.03. The molecule has 0 aliphatic carbocycles. The summed E-state index contributed by atoms with van der Waals surface area (Å²) in [4.78, 5) is 16.2. The quantitative estimate of drug-likeness (QED) is 0.534. The van der Waals surface area contributed by atoms with Crippen molar-refractivity contribution in [1.82, 2.24) is 4.72 Å². The zero-order valence-electron chi connectivity index (χ0n) is 13.3. The van der Waals surface area contributed by atoms with Crippen LogP contribution in [0.1, 0.15) is 12.5 Å². The van der Waals surface area contributed by atoms with Gasteiger partial charge in [0.15, 0.2) is 6.10 Å². The predicted octanol–water partition coefficient (Wildman–Crippen LogP) is -0.539. The Balaban J connectivity index is 2.15. The zero-order chi connectivity index (χ0) is 18.1. The van der Waals surface area contributed by atoms with Gasteiger partial charge in [-0.2, -0.15) is 0 Å². The highest BCUT2D eigenvalue weighted by molar-refractivity contribution is 7.89. The lowest BCUT2D eigenvalue weighted by Crippen LogP contribution is -2.48. The molecule has 1 unspecified atom stereocenters. The van der Waals surface area contributed by atoms with Crippen LogP contribution in [0.3, 0.4) is 0 Å². The summed E-state index contributed by atoms with van der Waals surface area (Å²) in [7, 11) is -2.84. The molecule has 1 aliphatic rings. The van der Waals surface area contributed by atoms with Crippen molar-refractivity contribution in [3.8, 4) is 0 Å². The fraction of sp³-hybridized carbons (Fsp3) is 0.429. The van der Waals surface area contributed by atoms with Crippen LogP contribution in [0, 0.1) is 12.1 Å². The van der Waals surface area contributed by atoms with E-state index in [1.54, 1.807) is 12.1 Å². The van der Waals surface area contributed by atoms with Gasteiger partial charge in [-0.3, -0.25) is 5.21 Å². The number of aliphatic hydroxyl groups excluding tert-OH is 1. The summed E-state index contributed by atoms with van der Waals surface area (Å²) in [6.45, 7) is 3.23. The van der Waals surface area contributed by atoms with Crippen molar-refractivity contribution in [2.75, 3.05) is 7.11 Å². The first kappa shape index (κ1) is 18.2. The first-order chi connectivity index (χ1) is 11.2. The summed E-state index contributed by atoms with van der Waals surface area (Å²) in [6.07, 6.45) is -2.89. The van der Waals surface area contributed by atoms with Gasteiger partial charge in [-0.1, -0.05) is 17.7 Å². The average molecular weight is 358 g/mol. The smallest absolute Gasteiger partial charge is 0.407 e. The number of carbonyl (C=O) groups is 1. The molecule has 0 bridgehead atoms. The number of esters is 1. The van der Waals surface area contributed by atoms with Gasteiger partial charge in [-0.15, -0.1) is 0 Å². The number of aryl methyl sites for hydroxylation is 1. The third kappa shape index (κ3) is 3.50. The van der Waals surface area contributed by atoms with Crippen LogP contribution in [0.15, 0.2) is 29.2 Å². The van der Waals surface area contributed by atoms with Gasteiger partial charge in [0.25, 0.3) is 0 Å². The second-order valence-electron chi connectivity index (χ2n) is 5.37. The Morgan fingerprint density at radius 2 is 2.00 bits per heavy atom. The van der Waals surface area contributed by atoms with Crippen LogP contribution >= 0.6 is 0 Å². The molecule has 132 valence electrons. The van der Waals surface area contributed by atoms with Crippen molar-refractivity contribution < 1.29 is 32.8 Å². The molecule has 0 fully saturated rings. The number of carbonyl (C=O) groups excluding carboxylic acids is 1. The number of rotatable bonds is 5. The van der Waals surface area contributed by atoms with E-state index in [2.05, 4.69) is 9.46 Å². The van der Waals surface area contributed by atoms with E-state index < -0.39 is 40.0 Å². The van der Waals surface area contributed by atoms with Gasteiger partial charge in [-0.05, 0) is 26.0 Å². The first-order valence-corrected chi connectivity index (χ1v) is 8.52. The monoisotopic (exact) mass is 358 g/mol. The molecule has 0 amide bonds.